The van der Waals surface area contributed by atoms with Crippen molar-refractivity contribution >= 4 is 0 Å². The lowest BCUT2D eigenvalue weighted by atomic mass is 9.98. The highest BCUT2D eigenvalue weighted by atomic mass is 16.3. The molecule has 0 aliphatic heterocycles. The first-order chi connectivity index (χ1) is 6.07. The van der Waals surface area contributed by atoms with E-state index >= 15 is 0 Å². The van der Waals surface area contributed by atoms with Crippen LogP contribution in [-0.2, 0) is 7.05 Å². The fraction of sp³-hybridized carbons (Fsp3) is 0.667. The summed E-state index contributed by atoms with van der Waals surface area (Å²) in [5, 5.41) is 13.9. The van der Waals surface area contributed by atoms with Gasteiger partial charge in [-0.2, -0.15) is 5.10 Å². The molecule has 0 bridgehead atoms. The lowest BCUT2D eigenvalue weighted by Crippen LogP contribution is -2.19. The molecule has 0 saturated carbocycles. The molecule has 1 aromatic rings. The first-order valence-corrected chi connectivity index (χ1v) is 4.44. The van der Waals surface area contributed by atoms with Crippen LogP contribution in [0.4, 0.5) is 0 Å². The molecule has 0 saturated heterocycles. The van der Waals surface area contributed by atoms with E-state index in [1.807, 2.05) is 20.9 Å². The average molecular weight is 183 g/mol. The van der Waals surface area contributed by atoms with Gasteiger partial charge in [0.05, 0.1) is 12.3 Å². The SMILES string of the molecule is Cc1c(C(O)C(C)CN)cnn1C. The van der Waals surface area contributed by atoms with Gasteiger partial charge in [-0.3, -0.25) is 4.68 Å². The highest BCUT2D eigenvalue weighted by Crippen LogP contribution is 2.23. The van der Waals surface area contributed by atoms with Gasteiger partial charge in [-0.1, -0.05) is 6.92 Å². The summed E-state index contributed by atoms with van der Waals surface area (Å²) in [5.41, 5.74) is 7.35. The fourth-order valence-corrected chi connectivity index (χ4v) is 1.24. The Labute approximate surface area is 78.4 Å². The van der Waals surface area contributed by atoms with Crippen LogP contribution in [0.25, 0.3) is 0 Å². The quantitative estimate of drug-likeness (QED) is 0.711. The van der Waals surface area contributed by atoms with Gasteiger partial charge in [0.1, 0.15) is 0 Å². The Morgan fingerprint density at radius 1 is 1.69 bits per heavy atom. The molecule has 1 heterocycles. The van der Waals surface area contributed by atoms with Crippen LogP contribution in [0.1, 0.15) is 24.3 Å². The zero-order valence-corrected chi connectivity index (χ0v) is 8.36. The van der Waals surface area contributed by atoms with Crippen molar-refractivity contribution in [1.29, 1.82) is 0 Å². The fourth-order valence-electron chi connectivity index (χ4n) is 1.24. The van der Waals surface area contributed by atoms with Crippen molar-refractivity contribution in [2.45, 2.75) is 20.0 Å². The standard InChI is InChI=1S/C9H17N3O/c1-6(4-10)9(13)8-5-11-12(3)7(8)2/h5-6,9,13H,4,10H2,1-3H3. The molecule has 1 rings (SSSR count). The molecular formula is C9H17N3O. The summed E-state index contributed by atoms with van der Waals surface area (Å²) in [6.07, 6.45) is 1.20. The van der Waals surface area contributed by atoms with Crippen LogP contribution in [0.5, 0.6) is 0 Å². The molecule has 2 unspecified atom stereocenters. The molecule has 74 valence electrons. The monoisotopic (exact) mass is 183 g/mol. The van der Waals surface area contributed by atoms with Crippen LogP contribution >= 0.6 is 0 Å². The Morgan fingerprint density at radius 3 is 2.69 bits per heavy atom. The Hall–Kier alpha value is -0.870. The summed E-state index contributed by atoms with van der Waals surface area (Å²) in [6.45, 7) is 4.35. The van der Waals surface area contributed by atoms with E-state index in [0.29, 0.717) is 6.54 Å². The second-order valence-electron chi connectivity index (χ2n) is 3.47. The summed E-state index contributed by atoms with van der Waals surface area (Å²) >= 11 is 0. The molecule has 0 fully saturated rings. The molecule has 0 amide bonds. The van der Waals surface area contributed by atoms with Gasteiger partial charge in [0, 0.05) is 18.3 Å². The first kappa shape index (κ1) is 10.2. The molecule has 2 atom stereocenters. The Balaban J connectivity index is 2.88. The number of nitrogens with zero attached hydrogens (tertiary/aromatic N) is 2. The molecule has 13 heavy (non-hydrogen) atoms. The van der Waals surface area contributed by atoms with Gasteiger partial charge >= 0.3 is 0 Å². The Morgan fingerprint density at radius 2 is 2.31 bits per heavy atom. The summed E-state index contributed by atoms with van der Waals surface area (Å²) in [6, 6.07) is 0. The number of nitrogens with two attached hydrogens (primary N) is 1. The van der Waals surface area contributed by atoms with E-state index < -0.39 is 6.10 Å². The van der Waals surface area contributed by atoms with E-state index in [4.69, 9.17) is 5.73 Å². The summed E-state index contributed by atoms with van der Waals surface area (Å²) in [7, 11) is 1.86. The average Bonchev–Trinajstić information content (AvgIpc) is 2.45. The lowest BCUT2D eigenvalue weighted by molar-refractivity contribution is 0.121. The van der Waals surface area contributed by atoms with Gasteiger partial charge in [-0.15, -0.1) is 0 Å². The third-order valence-electron chi connectivity index (χ3n) is 2.50. The molecule has 0 aromatic carbocycles. The van der Waals surface area contributed by atoms with Gasteiger partial charge in [-0.25, -0.2) is 0 Å². The third kappa shape index (κ3) is 1.89. The van der Waals surface area contributed by atoms with Crippen molar-refractivity contribution in [1.82, 2.24) is 9.78 Å². The minimum absolute atomic E-state index is 0.0721. The normalized spacial score (nSPS) is 15.8. The second kappa shape index (κ2) is 3.89. The smallest absolute Gasteiger partial charge is 0.0860 e. The maximum absolute atomic E-state index is 9.85. The van der Waals surface area contributed by atoms with Gasteiger partial charge < -0.3 is 10.8 Å². The van der Waals surface area contributed by atoms with Crippen LogP contribution in [0.3, 0.4) is 0 Å². The Bertz CT molecular complexity index is 282. The number of aryl methyl sites for hydroxylation is 1. The molecule has 4 nitrogen and oxygen atoms in total. The van der Waals surface area contributed by atoms with Crippen molar-refractivity contribution in [3.63, 3.8) is 0 Å². The number of hydrogen-bond acceptors (Lipinski definition) is 3. The molecule has 0 aliphatic rings. The number of aromatic nitrogens is 2. The zero-order valence-electron chi connectivity index (χ0n) is 8.36. The van der Waals surface area contributed by atoms with E-state index in [1.54, 1.807) is 10.9 Å². The minimum Gasteiger partial charge on any atom is -0.388 e. The zero-order chi connectivity index (χ0) is 10.0. The first-order valence-electron chi connectivity index (χ1n) is 4.44. The van der Waals surface area contributed by atoms with Crippen molar-refractivity contribution in [2.24, 2.45) is 18.7 Å². The van der Waals surface area contributed by atoms with Crippen LogP contribution in [0, 0.1) is 12.8 Å². The van der Waals surface area contributed by atoms with Crippen molar-refractivity contribution in [3.8, 4) is 0 Å². The largest absolute Gasteiger partial charge is 0.388 e. The maximum Gasteiger partial charge on any atom is 0.0860 e. The maximum atomic E-state index is 9.85. The summed E-state index contributed by atoms with van der Waals surface area (Å²) in [4.78, 5) is 0. The third-order valence-corrected chi connectivity index (χ3v) is 2.50. The lowest BCUT2D eigenvalue weighted by Gasteiger charge is -2.16. The molecule has 3 N–H and O–H groups in total. The highest BCUT2D eigenvalue weighted by Gasteiger charge is 2.18. The van der Waals surface area contributed by atoms with Crippen LogP contribution in [0.15, 0.2) is 6.20 Å². The van der Waals surface area contributed by atoms with E-state index in [0.717, 1.165) is 11.3 Å². The number of hydrogen-bond donors (Lipinski definition) is 2. The van der Waals surface area contributed by atoms with E-state index in [9.17, 15) is 5.11 Å². The van der Waals surface area contributed by atoms with Crippen molar-refractivity contribution in [3.05, 3.63) is 17.5 Å². The number of rotatable bonds is 3. The summed E-state index contributed by atoms with van der Waals surface area (Å²) in [5.74, 6) is 0.0721. The predicted octanol–water partition coefficient (Wildman–Crippen LogP) is 0.357. The number of aliphatic hydroxyl groups excluding tert-OH is 1. The molecule has 0 radical (unpaired) electrons. The van der Waals surface area contributed by atoms with Crippen molar-refractivity contribution < 1.29 is 5.11 Å². The van der Waals surface area contributed by atoms with E-state index in [2.05, 4.69) is 5.10 Å². The van der Waals surface area contributed by atoms with Crippen molar-refractivity contribution in [2.75, 3.05) is 6.54 Å². The predicted molar refractivity (Wildman–Crippen MR) is 51.1 cm³/mol. The van der Waals surface area contributed by atoms with Gasteiger partial charge in [0.25, 0.3) is 0 Å². The highest BCUT2D eigenvalue weighted by molar-refractivity contribution is 5.19. The van der Waals surface area contributed by atoms with Crippen LogP contribution in [-0.4, -0.2) is 21.4 Å². The minimum atomic E-state index is -0.501. The van der Waals surface area contributed by atoms with Crippen LogP contribution in [0.2, 0.25) is 0 Å². The van der Waals surface area contributed by atoms with E-state index in [-0.39, 0.29) is 5.92 Å². The summed E-state index contributed by atoms with van der Waals surface area (Å²) < 4.78 is 1.75. The molecular weight excluding hydrogens is 166 g/mol. The van der Waals surface area contributed by atoms with Crippen LogP contribution < -0.4 is 5.73 Å². The molecule has 0 aliphatic carbocycles. The number of aliphatic hydroxyl groups is 1. The van der Waals surface area contributed by atoms with Gasteiger partial charge in [0.15, 0.2) is 0 Å². The van der Waals surface area contributed by atoms with Gasteiger partial charge in [-0.05, 0) is 19.4 Å². The van der Waals surface area contributed by atoms with Gasteiger partial charge in [0.2, 0.25) is 0 Å². The molecule has 1 aromatic heterocycles. The topological polar surface area (TPSA) is 64.1 Å². The van der Waals surface area contributed by atoms with E-state index in [1.165, 1.54) is 0 Å². The second-order valence-corrected chi connectivity index (χ2v) is 3.47. The molecule has 4 heteroatoms. The Kier molecular flexibility index (Phi) is 3.06. The molecule has 0 spiro atoms.